The Bertz CT molecular complexity index is 511. The van der Waals surface area contributed by atoms with Crippen LogP contribution in [0.1, 0.15) is 72.1 Å². The van der Waals surface area contributed by atoms with Gasteiger partial charge < -0.3 is 20.1 Å². The maximum absolute atomic E-state index is 11.1. The van der Waals surface area contributed by atoms with E-state index < -0.39 is 18.3 Å². The zero-order valence-corrected chi connectivity index (χ0v) is 18.0. The summed E-state index contributed by atoms with van der Waals surface area (Å²) in [6.07, 6.45) is 12.1. The number of hydrogen-bond donors (Lipinski definition) is 3. The van der Waals surface area contributed by atoms with Crippen molar-refractivity contribution in [1.29, 1.82) is 0 Å². The van der Waals surface area contributed by atoms with Gasteiger partial charge in [0.25, 0.3) is 0 Å². The molecule has 0 heterocycles. The van der Waals surface area contributed by atoms with Gasteiger partial charge in [0.15, 0.2) is 0 Å². The molecule has 0 saturated heterocycles. The minimum Gasteiger partial charge on any atom is -0.469 e. The molecule has 1 saturated carbocycles. The Morgan fingerprint density at radius 1 is 1.21 bits per heavy atom. The molecule has 0 aromatic rings. The van der Waals surface area contributed by atoms with E-state index in [2.05, 4.69) is 25.5 Å². The molecule has 162 valence electrons. The Morgan fingerprint density at radius 2 is 1.93 bits per heavy atom. The summed E-state index contributed by atoms with van der Waals surface area (Å²) in [5.74, 6) is -0.422. The minimum atomic E-state index is -0.588. The largest absolute Gasteiger partial charge is 0.469 e. The molecular formula is C23H40O5. The zero-order chi connectivity index (χ0) is 21.2. The second-order valence-corrected chi connectivity index (χ2v) is 8.71. The fourth-order valence-electron chi connectivity index (χ4n) is 3.82. The Kier molecular flexibility index (Phi) is 11.0. The Balaban J connectivity index is 2.59. The minimum absolute atomic E-state index is 0.0611. The molecule has 5 nitrogen and oxygen atoms in total. The van der Waals surface area contributed by atoms with Gasteiger partial charge in [0.2, 0.25) is 0 Å². The number of esters is 1. The lowest BCUT2D eigenvalue weighted by atomic mass is 9.80. The molecule has 0 bridgehead atoms. The first-order chi connectivity index (χ1) is 13.2. The fraction of sp³-hybridized carbons (Fsp3) is 0.783. The predicted octanol–water partition coefficient (Wildman–Crippen LogP) is 3.77. The number of hydrogen-bond acceptors (Lipinski definition) is 5. The molecule has 0 unspecified atom stereocenters. The van der Waals surface area contributed by atoms with Crippen LogP contribution in [0.15, 0.2) is 24.3 Å². The van der Waals surface area contributed by atoms with Crippen molar-refractivity contribution in [3.8, 4) is 0 Å². The van der Waals surface area contributed by atoms with Crippen molar-refractivity contribution in [3.05, 3.63) is 24.3 Å². The van der Waals surface area contributed by atoms with Gasteiger partial charge in [-0.2, -0.15) is 0 Å². The summed E-state index contributed by atoms with van der Waals surface area (Å²) in [4.78, 5) is 11.1. The lowest BCUT2D eigenvalue weighted by molar-refractivity contribution is -0.140. The number of aliphatic hydroxyl groups excluding tert-OH is 3. The van der Waals surface area contributed by atoms with E-state index in [1.807, 2.05) is 18.2 Å². The highest BCUT2D eigenvalue weighted by molar-refractivity contribution is 5.69. The van der Waals surface area contributed by atoms with Crippen LogP contribution >= 0.6 is 0 Å². The number of aliphatic hydroxyl groups is 3. The van der Waals surface area contributed by atoms with Crippen molar-refractivity contribution in [3.63, 3.8) is 0 Å². The molecule has 1 aliphatic carbocycles. The number of carbonyl (C=O) groups is 1. The SMILES string of the molecule is CCCCC(C)(C)[C@H](O)C=C[C@@H]1[C@@H](CC=CCCCC(=O)OC)[C@@H](O)C[C@H]1O. The highest BCUT2D eigenvalue weighted by atomic mass is 16.5. The Morgan fingerprint density at radius 3 is 2.57 bits per heavy atom. The molecule has 3 N–H and O–H groups in total. The first kappa shape index (κ1) is 24.9. The van der Waals surface area contributed by atoms with Gasteiger partial charge in [-0.25, -0.2) is 0 Å². The van der Waals surface area contributed by atoms with Crippen molar-refractivity contribution >= 4 is 5.97 Å². The number of unbranched alkanes of at least 4 members (excludes halogenated alkanes) is 2. The molecule has 0 aliphatic heterocycles. The smallest absolute Gasteiger partial charge is 0.305 e. The van der Waals surface area contributed by atoms with E-state index in [1.54, 1.807) is 6.08 Å². The highest BCUT2D eigenvalue weighted by Crippen LogP contribution is 2.37. The summed E-state index contributed by atoms with van der Waals surface area (Å²) < 4.78 is 4.62. The standard InChI is InChI=1S/C23H40O5/c1-5-6-15-23(2,3)21(26)14-13-18-17(19(24)16-20(18)25)11-9-7-8-10-12-22(27)28-4/h7,9,13-14,17-21,24-26H,5-6,8,10-12,15-16H2,1-4H3/t17-,18-,19+,20-,21-/m1/s1. The summed E-state index contributed by atoms with van der Waals surface area (Å²) in [7, 11) is 1.39. The van der Waals surface area contributed by atoms with E-state index in [4.69, 9.17) is 0 Å². The molecule has 1 fully saturated rings. The van der Waals surface area contributed by atoms with Gasteiger partial charge in [-0.3, -0.25) is 4.79 Å². The van der Waals surface area contributed by atoms with Gasteiger partial charge in [0, 0.05) is 18.8 Å². The van der Waals surface area contributed by atoms with Crippen LogP contribution in [0, 0.1) is 17.3 Å². The van der Waals surface area contributed by atoms with Crippen molar-refractivity contribution in [2.75, 3.05) is 7.11 Å². The fourth-order valence-corrected chi connectivity index (χ4v) is 3.82. The second kappa shape index (κ2) is 12.4. The predicted molar refractivity (Wildman–Crippen MR) is 112 cm³/mol. The lowest BCUT2D eigenvalue weighted by Crippen LogP contribution is -2.28. The van der Waals surface area contributed by atoms with E-state index in [9.17, 15) is 20.1 Å². The Labute approximate surface area is 170 Å². The number of ether oxygens (including phenoxy) is 1. The van der Waals surface area contributed by atoms with Crippen molar-refractivity contribution in [2.24, 2.45) is 17.3 Å². The molecule has 0 aromatic carbocycles. The molecule has 0 radical (unpaired) electrons. The van der Waals surface area contributed by atoms with Gasteiger partial charge in [0.1, 0.15) is 0 Å². The van der Waals surface area contributed by atoms with Gasteiger partial charge in [-0.1, -0.05) is 57.9 Å². The summed E-state index contributed by atoms with van der Waals surface area (Å²) in [5, 5.41) is 31.2. The quantitative estimate of drug-likeness (QED) is 0.266. The number of methoxy groups -OCH3 is 1. The van der Waals surface area contributed by atoms with Gasteiger partial charge in [-0.15, -0.1) is 0 Å². The van der Waals surface area contributed by atoms with Gasteiger partial charge >= 0.3 is 5.97 Å². The van der Waals surface area contributed by atoms with Crippen LogP contribution in [-0.2, 0) is 9.53 Å². The molecule has 1 aliphatic rings. The van der Waals surface area contributed by atoms with Gasteiger partial charge in [-0.05, 0) is 37.0 Å². The number of carbonyl (C=O) groups excluding carboxylic acids is 1. The zero-order valence-electron chi connectivity index (χ0n) is 18.0. The summed E-state index contributed by atoms with van der Waals surface area (Å²) in [6, 6.07) is 0. The highest BCUT2D eigenvalue weighted by Gasteiger charge is 2.39. The molecule has 0 amide bonds. The van der Waals surface area contributed by atoms with E-state index in [-0.39, 0.29) is 23.2 Å². The topological polar surface area (TPSA) is 87.0 Å². The van der Waals surface area contributed by atoms with E-state index in [0.717, 1.165) is 32.1 Å². The van der Waals surface area contributed by atoms with Crippen LogP contribution in [0.2, 0.25) is 0 Å². The van der Waals surface area contributed by atoms with Crippen molar-refractivity contribution in [2.45, 2.75) is 90.4 Å². The van der Waals surface area contributed by atoms with E-state index >= 15 is 0 Å². The third-order valence-corrected chi connectivity index (χ3v) is 5.96. The second-order valence-electron chi connectivity index (χ2n) is 8.71. The number of rotatable bonds is 12. The summed E-state index contributed by atoms with van der Waals surface area (Å²) >= 11 is 0. The lowest BCUT2D eigenvalue weighted by Gasteiger charge is -2.29. The summed E-state index contributed by atoms with van der Waals surface area (Å²) in [6.45, 7) is 6.26. The maximum atomic E-state index is 11.1. The molecule has 1 rings (SSSR count). The molecule has 0 aromatic heterocycles. The first-order valence-electron chi connectivity index (χ1n) is 10.7. The average Bonchev–Trinajstić information content (AvgIpc) is 2.93. The molecule has 28 heavy (non-hydrogen) atoms. The molecule has 5 atom stereocenters. The van der Waals surface area contributed by atoms with Crippen LogP contribution in [0.25, 0.3) is 0 Å². The van der Waals surface area contributed by atoms with Crippen LogP contribution in [0.5, 0.6) is 0 Å². The van der Waals surface area contributed by atoms with Crippen LogP contribution in [0.3, 0.4) is 0 Å². The van der Waals surface area contributed by atoms with Crippen LogP contribution < -0.4 is 0 Å². The van der Waals surface area contributed by atoms with Crippen molar-refractivity contribution in [1.82, 2.24) is 0 Å². The van der Waals surface area contributed by atoms with Gasteiger partial charge in [0.05, 0.1) is 25.4 Å². The third-order valence-electron chi connectivity index (χ3n) is 5.96. The van der Waals surface area contributed by atoms with Crippen LogP contribution in [-0.4, -0.2) is 46.7 Å². The van der Waals surface area contributed by atoms with Crippen LogP contribution in [0.4, 0.5) is 0 Å². The van der Waals surface area contributed by atoms with E-state index in [1.165, 1.54) is 7.11 Å². The Hall–Kier alpha value is -1.17. The average molecular weight is 397 g/mol. The molecular weight excluding hydrogens is 356 g/mol. The molecule has 5 heteroatoms. The van der Waals surface area contributed by atoms with E-state index in [0.29, 0.717) is 19.3 Å². The normalized spacial score (nSPS) is 27.0. The van der Waals surface area contributed by atoms with Crippen molar-refractivity contribution < 1.29 is 24.9 Å². The maximum Gasteiger partial charge on any atom is 0.305 e. The monoisotopic (exact) mass is 396 g/mol. The summed E-state index contributed by atoms with van der Waals surface area (Å²) in [5.41, 5.74) is -0.205. The molecule has 0 spiro atoms. The first-order valence-corrected chi connectivity index (χ1v) is 10.7. The number of allylic oxidation sites excluding steroid dienone is 2. The third kappa shape index (κ3) is 8.06.